The lowest BCUT2D eigenvalue weighted by molar-refractivity contribution is 0.0942. The standard InChI is InChI=1S/C19H26N4O2S/c1-12(2)23(13(3)4)10-9-21-18(25)16-11-22-19(26-16)15-7-5-14(6-8-15)17(20)24/h5-8,11-13H,9-10H2,1-4H3,(H2,20,24)(H,21,25). The van der Waals surface area contributed by atoms with Gasteiger partial charge >= 0.3 is 0 Å². The van der Waals surface area contributed by atoms with Gasteiger partial charge in [-0.15, -0.1) is 11.3 Å². The third-order valence-electron chi connectivity index (χ3n) is 4.13. The lowest BCUT2D eigenvalue weighted by Gasteiger charge is -2.30. The summed E-state index contributed by atoms with van der Waals surface area (Å²) in [6.45, 7) is 10.0. The quantitative estimate of drug-likeness (QED) is 0.744. The van der Waals surface area contributed by atoms with Gasteiger partial charge in [-0.05, 0) is 39.8 Å². The molecule has 0 atom stereocenters. The fraction of sp³-hybridized carbons (Fsp3) is 0.421. The zero-order valence-electron chi connectivity index (χ0n) is 15.7. The summed E-state index contributed by atoms with van der Waals surface area (Å²) >= 11 is 1.33. The van der Waals surface area contributed by atoms with Crippen molar-refractivity contribution in [3.8, 4) is 10.6 Å². The van der Waals surface area contributed by atoms with Crippen LogP contribution in [-0.4, -0.2) is 46.9 Å². The van der Waals surface area contributed by atoms with Crippen molar-refractivity contribution in [3.05, 3.63) is 40.9 Å². The van der Waals surface area contributed by atoms with Gasteiger partial charge in [0.15, 0.2) is 0 Å². The van der Waals surface area contributed by atoms with Gasteiger partial charge in [0.2, 0.25) is 5.91 Å². The number of benzene rings is 1. The number of amides is 2. The Morgan fingerprint density at radius 3 is 2.31 bits per heavy atom. The maximum absolute atomic E-state index is 12.3. The van der Waals surface area contributed by atoms with Crippen molar-refractivity contribution in [3.63, 3.8) is 0 Å². The van der Waals surface area contributed by atoms with E-state index in [9.17, 15) is 9.59 Å². The van der Waals surface area contributed by atoms with Crippen LogP contribution in [0.3, 0.4) is 0 Å². The highest BCUT2D eigenvalue weighted by atomic mass is 32.1. The minimum absolute atomic E-state index is 0.116. The van der Waals surface area contributed by atoms with Crippen molar-refractivity contribution in [2.75, 3.05) is 13.1 Å². The van der Waals surface area contributed by atoms with Crippen molar-refractivity contribution in [1.29, 1.82) is 0 Å². The molecule has 0 bridgehead atoms. The molecule has 1 aromatic carbocycles. The topological polar surface area (TPSA) is 88.3 Å². The summed E-state index contributed by atoms with van der Waals surface area (Å²) in [6.07, 6.45) is 1.58. The molecule has 3 N–H and O–H groups in total. The highest BCUT2D eigenvalue weighted by molar-refractivity contribution is 7.16. The SMILES string of the molecule is CC(C)N(CCNC(=O)c1cnc(-c2ccc(C(N)=O)cc2)s1)C(C)C. The van der Waals surface area contributed by atoms with Gasteiger partial charge < -0.3 is 11.1 Å². The van der Waals surface area contributed by atoms with Crippen LogP contribution in [0, 0.1) is 0 Å². The molecule has 0 unspecified atom stereocenters. The lowest BCUT2D eigenvalue weighted by atomic mass is 10.1. The fourth-order valence-corrected chi connectivity index (χ4v) is 3.63. The van der Waals surface area contributed by atoms with Crippen LogP contribution in [-0.2, 0) is 0 Å². The predicted molar refractivity (Wildman–Crippen MR) is 105 cm³/mol. The van der Waals surface area contributed by atoms with Gasteiger partial charge in [-0.3, -0.25) is 14.5 Å². The summed E-state index contributed by atoms with van der Waals surface area (Å²) in [5, 5.41) is 3.69. The smallest absolute Gasteiger partial charge is 0.263 e. The van der Waals surface area contributed by atoms with E-state index in [0.29, 0.717) is 29.1 Å². The van der Waals surface area contributed by atoms with E-state index < -0.39 is 5.91 Å². The monoisotopic (exact) mass is 374 g/mol. The molecule has 0 spiro atoms. The third kappa shape index (κ3) is 5.12. The van der Waals surface area contributed by atoms with E-state index in [4.69, 9.17) is 5.73 Å². The van der Waals surface area contributed by atoms with E-state index >= 15 is 0 Å². The molecule has 0 saturated heterocycles. The molecule has 6 nitrogen and oxygen atoms in total. The summed E-state index contributed by atoms with van der Waals surface area (Å²) in [5.41, 5.74) is 6.54. The summed E-state index contributed by atoms with van der Waals surface area (Å²) in [5.74, 6) is -0.581. The number of thiazole rings is 1. The summed E-state index contributed by atoms with van der Waals surface area (Å²) in [4.78, 5) is 30.7. The first-order chi connectivity index (χ1) is 12.3. The van der Waals surface area contributed by atoms with Crippen molar-refractivity contribution in [1.82, 2.24) is 15.2 Å². The second kappa shape index (κ2) is 8.91. The Kier molecular flexibility index (Phi) is 6.88. The van der Waals surface area contributed by atoms with Gasteiger partial charge in [-0.25, -0.2) is 4.98 Å². The van der Waals surface area contributed by atoms with Crippen molar-refractivity contribution >= 4 is 23.2 Å². The van der Waals surface area contributed by atoms with Gasteiger partial charge in [0.1, 0.15) is 9.88 Å². The van der Waals surface area contributed by atoms with Crippen LogP contribution in [0.15, 0.2) is 30.5 Å². The largest absolute Gasteiger partial charge is 0.366 e. The van der Waals surface area contributed by atoms with Crippen LogP contribution in [0.25, 0.3) is 10.6 Å². The van der Waals surface area contributed by atoms with E-state index in [1.807, 2.05) is 0 Å². The summed E-state index contributed by atoms with van der Waals surface area (Å²) in [6, 6.07) is 7.75. The van der Waals surface area contributed by atoms with Crippen molar-refractivity contribution < 1.29 is 9.59 Å². The molecule has 1 aromatic heterocycles. The first-order valence-electron chi connectivity index (χ1n) is 8.69. The van der Waals surface area contributed by atoms with Crippen LogP contribution in [0.4, 0.5) is 0 Å². The van der Waals surface area contributed by atoms with Crippen molar-refractivity contribution in [2.45, 2.75) is 39.8 Å². The molecule has 2 rings (SSSR count). The molecule has 0 aliphatic carbocycles. The maximum Gasteiger partial charge on any atom is 0.263 e. The van der Waals surface area contributed by atoms with Crippen LogP contribution in [0.1, 0.15) is 47.7 Å². The minimum Gasteiger partial charge on any atom is -0.366 e. The molecule has 7 heteroatoms. The number of primary amides is 1. The number of carbonyl (C=O) groups excluding carboxylic acids is 2. The van der Waals surface area contributed by atoms with Gasteiger partial charge in [-0.2, -0.15) is 0 Å². The zero-order chi connectivity index (χ0) is 19.3. The van der Waals surface area contributed by atoms with Gasteiger partial charge in [0.25, 0.3) is 5.91 Å². The van der Waals surface area contributed by atoms with Crippen LogP contribution < -0.4 is 11.1 Å². The molecule has 1 heterocycles. The average molecular weight is 375 g/mol. The Morgan fingerprint density at radius 2 is 1.77 bits per heavy atom. The van der Waals surface area contributed by atoms with E-state index in [1.165, 1.54) is 11.3 Å². The molecule has 0 saturated carbocycles. The Morgan fingerprint density at radius 1 is 1.15 bits per heavy atom. The second-order valence-corrected chi connectivity index (χ2v) is 7.68. The molecule has 2 amide bonds. The van der Waals surface area contributed by atoms with E-state index in [-0.39, 0.29) is 5.91 Å². The van der Waals surface area contributed by atoms with Crippen LogP contribution in [0.2, 0.25) is 0 Å². The molecule has 0 aliphatic rings. The molecule has 0 radical (unpaired) electrons. The normalized spacial score (nSPS) is 11.3. The number of hydrogen-bond donors (Lipinski definition) is 2. The molecule has 0 aliphatic heterocycles. The van der Waals surface area contributed by atoms with Crippen LogP contribution in [0.5, 0.6) is 0 Å². The number of nitrogens with zero attached hydrogens (tertiary/aromatic N) is 2. The van der Waals surface area contributed by atoms with E-state index in [2.05, 4.69) is 42.9 Å². The molecule has 26 heavy (non-hydrogen) atoms. The van der Waals surface area contributed by atoms with Gasteiger partial charge in [0.05, 0.1) is 6.20 Å². The molecule has 2 aromatic rings. The highest BCUT2D eigenvalue weighted by Gasteiger charge is 2.15. The number of nitrogens with two attached hydrogens (primary N) is 1. The maximum atomic E-state index is 12.3. The average Bonchev–Trinajstić information content (AvgIpc) is 3.08. The Labute approximate surface area is 158 Å². The van der Waals surface area contributed by atoms with E-state index in [1.54, 1.807) is 30.5 Å². The van der Waals surface area contributed by atoms with Crippen LogP contribution >= 0.6 is 11.3 Å². The predicted octanol–water partition coefficient (Wildman–Crippen LogP) is 2.76. The Hall–Kier alpha value is -2.25. The third-order valence-corrected chi connectivity index (χ3v) is 5.17. The number of hydrogen-bond acceptors (Lipinski definition) is 5. The zero-order valence-corrected chi connectivity index (χ0v) is 16.5. The molecule has 140 valence electrons. The number of carbonyl (C=O) groups is 2. The van der Waals surface area contributed by atoms with Crippen molar-refractivity contribution in [2.24, 2.45) is 5.73 Å². The lowest BCUT2D eigenvalue weighted by Crippen LogP contribution is -2.42. The fourth-order valence-electron chi connectivity index (χ4n) is 2.79. The Balaban J connectivity index is 1.96. The molecular formula is C19H26N4O2S. The second-order valence-electron chi connectivity index (χ2n) is 6.65. The minimum atomic E-state index is -0.465. The Bertz CT molecular complexity index is 745. The molecule has 0 fully saturated rings. The van der Waals surface area contributed by atoms with Gasteiger partial charge in [-0.1, -0.05) is 12.1 Å². The number of aromatic nitrogens is 1. The highest BCUT2D eigenvalue weighted by Crippen LogP contribution is 2.25. The first-order valence-corrected chi connectivity index (χ1v) is 9.51. The summed E-state index contributed by atoms with van der Waals surface area (Å²) < 4.78 is 0. The number of rotatable bonds is 8. The number of nitrogens with one attached hydrogen (secondary N) is 1. The molecular weight excluding hydrogens is 348 g/mol. The van der Waals surface area contributed by atoms with Gasteiger partial charge in [0, 0.05) is 36.3 Å². The summed E-state index contributed by atoms with van der Waals surface area (Å²) in [7, 11) is 0. The first kappa shape index (κ1) is 20.1. The van der Waals surface area contributed by atoms with E-state index in [0.717, 1.165) is 17.1 Å².